The molecule has 6 heteroatoms. The molecule has 0 amide bonds. The van der Waals surface area contributed by atoms with E-state index in [-0.39, 0.29) is 11.8 Å². The number of carbonyl (C=O) groups is 1. The van der Waals surface area contributed by atoms with Gasteiger partial charge in [-0.2, -0.15) is 9.67 Å². The highest BCUT2D eigenvalue weighted by Gasteiger charge is 2.27. The molecule has 0 saturated heterocycles. The minimum Gasteiger partial charge on any atom is -0.462 e. The van der Waals surface area contributed by atoms with E-state index in [2.05, 4.69) is 10.1 Å². The van der Waals surface area contributed by atoms with Gasteiger partial charge >= 0.3 is 6.01 Å². The molecule has 0 spiro atoms. The Labute approximate surface area is 134 Å². The third kappa shape index (κ3) is 3.21. The third-order valence-corrected chi connectivity index (χ3v) is 4.79. The molecule has 1 aliphatic carbocycles. The molecule has 0 unspecified atom stereocenters. The first-order valence-corrected chi connectivity index (χ1v) is 8.85. The van der Waals surface area contributed by atoms with Crippen LogP contribution in [0.25, 0.3) is 10.7 Å². The topological polar surface area (TPSA) is 57.0 Å². The standard InChI is InChI=1S/C16H21N3O2S/c1-2-10-21-16-17-14(13-9-6-11-22-13)19(18-16)15(20)12-7-4-3-5-8-12/h6,9,11-12H,2-5,7-8,10H2,1H3. The number of rotatable bonds is 5. The van der Waals surface area contributed by atoms with Crippen LogP contribution in [0, 0.1) is 5.92 Å². The zero-order chi connectivity index (χ0) is 15.4. The molecule has 2 aromatic heterocycles. The van der Waals surface area contributed by atoms with Gasteiger partial charge in [0, 0.05) is 5.92 Å². The van der Waals surface area contributed by atoms with Gasteiger partial charge in [-0.15, -0.1) is 16.4 Å². The Kier molecular flexibility index (Phi) is 4.87. The van der Waals surface area contributed by atoms with Crippen LogP contribution in [0.3, 0.4) is 0 Å². The van der Waals surface area contributed by atoms with E-state index in [9.17, 15) is 4.79 Å². The van der Waals surface area contributed by atoms with Crippen molar-refractivity contribution in [1.29, 1.82) is 0 Å². The molecule has 0 atom stereocenters. The van der Waals surface area contributed by atoms with Crippen molar-refractivity contribution in [3.8, 4) is 16.7 Å². The van der Waals surface area contributed by atoms with Gasteiger partial charge in [0.05, 0.1) is 11.5 Å². The summed E-state index contributed by atoms with van der Waals surface area (Å²) < 4.78 is 6.99. The third-order valence-electron chi connectivity index (χ3n) is 3.93. The van der Waals surface area contributed by atoms with E-state index in [4.69, 9.17) is 4.74 Å². The molecule has 0 aliphatic heterocycles. The summed E-state index contributed by atoms with van der Waals surface area (Å²) >= 11 is 1.56. The van der Waals surface area contributed by atoms with Gasteiger partial charge in [-0.25, -0.2) is 0 Å². The Morgan fingerprint density at radius 1 is 1.41 bits per heavy atom. The van der Waals surface area contributed by atoms with Crippen LogP contribution in [0.1, 0.15) is 50.2 Å². The van der Waals surface area contributed by atoms with Gasteiger partial charge in [0.2, 0.25) is 0 Å². The Morgan fingerprint density at radius 3 is 2.91 bits per heavy atom. The lowest BCUT2D eigenvalue weighted by atomic mass is 9.89. The summed E-state index contributed by atoms with van der Waals surface area (Å²) in [7, 11) is 0. The molecular formula is C16H21N3O2S. The molecule has 118 valence electrons. The number of nitrogens with zero attached hydrogens (tertiary/aromatic N) is 3. The molecule has 22 heavy (non-hydrogen) atoms. The van der Waals surface area contributed by atoms with Crippen molar-refractivity contribution in [2.24, 2.45) is 5.92 Å². The second-order valence-corrected chi connectivity index (χ2v) is 6.58. The van der Waals surface area contributed by atoms with Crippen molar-refractivity contribution in [3.63, 3.8) is 0 Å². The van der Waals surface area contributed by atoms with Gasteiger partial charge in [-0.3, -0.25) is 4.79 Å². The Morgan fingerprint density at radius 2 is 2.23 bits per heavy atom. The lowest BCUT2D eigenvalue weighted by Gasteiger charge is -2.20. The van der Waals surface area contributed by atoms with Gasteiger partial charge in [0.25, 0.3) is 5.91 Å². The summed E-state index contributed by atoms with van der Waals surface area (Å²) in [5.74, 6) is 0.729. The number of ether oxygens (including phenoxy) is 1. The monoisotopic (exact) mass is 319 g/mol. The quantitative estimate of drug-likeness (QED) is 0.835. The smallest absolute Gasteiger partial charge is 0.336 e. The molecule has 1 aliphatic rings. The number of hydrogen-bond acceptors (Lipinski definition) is 5. The fourth-order valence-corrected chi connectivity index (χ4v) is 3.49. The molecule has 0 aromatic carbocycles. The molecule has 0 N–H and O–H groups in total. The van der Waals surface area contributed by atoms with Gasteiger partial charge in [0.15, 0.2) is 5.82 Å². The second-order valence-electron chi connectivity index (χ2n) is 5.63. The first kappa shape index (κ1) is 15.2. The Hall–Kier alpha value is -1.69. The summed E-state index contributed by atoms with van der Waals surface area (Å²) in [5.41, 5.74) is 0. The van der Waals surface area contributed by atoms with E-state index in [1.54, 1.807) is 11.3 Å². The first-order chi connectivity index (χ1) is 10.8. The summed E-state index contributed by atoms with van der Waals surface area (Å²) in [6.45, 7) is 2.59. The van der Waals surface area contributed by atoms with Crippen molar-refractivity contribution in [2.45, 2.75) is 45.4 Å². The molecule has 0 bridgehead atoms. The molecule has 3 rings (SSSR count). The highest BCUT2D eigenvalue weighted by Crippen LogP contribution is 2.29. The number of thiophene rings is 1. The van der Waals surface area contributed by atoms with Crippen molar-refractivity contribution >= 4 is 17.2 Å². The maximum absolute atomic E-state index is 12.8. The van der Waals surface area contributed by atoms with Gasteiger partial charge in [-0.05, 0) is 30.7 Å². The molecule has 2 aromatic rings. The maximum Gasteiger partial charge on any atom is 0.336 e. The molecule has 2 heterocycles. The van der Waals surface area contributed by atoms with Gasteiger partial charge in [-0.1, -0.05) is 32.3 Å². The summed E-state index contributed by atoms with van der Waals surface area (Å²) in [6.07, 6.45) is 6.27. The van der Waals surface area contributed by atoms with Crippen LogP contribution in [0.4, 0.5) is 0 Å². The fraction of sp³-hybridized carbons (Fsp3) is 0.562. The van der Waals surface area contributed by atoms with E-state index < -0.39 is 0 Å². The number of hydrogen-bond donors (Lipinski definition) is 0. The maximum atomic E-state index is 12.8. The van der Waals surface area contributed by atoms with Crippen molar-refractivity contribution in [2.75, 3.05) is 6.61 Å². The number of aromatic nitrogens is 3. The lowest BCUT2D eigenvalue weighted by molar-refractivity contribution is 0.0784. The van der Waals surface area contributed by atoms with Crippen LogP contribution in [-0.4, -0.2) is 27.3 Å². The van der Waals surface area contributed by atoms with Crippen molar-refractivity contribution in [1.82, 2.24) is 14.8 Å². The largest absolute Gasteiger partial charge is 0.462 e. The van der Waals surface area contributed by atoms with Gasteiger partial charge < -0.3 is 4.74 Å². The average Bonchev–Trinajstić information content (AvgIpc) is 3.22. The van der Waals surface area contributed by atoms with Gasteiger partial charge in [0.1, 0.15) is 0 Å². The SMILES string of the molecule is CCCOc1nc(-c2cccs2)n(C(=O)C2CCCCC2)n1. The van der Waals surface area contributed by atoms with Crippen LogP contribution < -0.4 is 4.74 Å². The highest BCUT2D eigenvalue weighted by atomic mass is 32.1. The van der Waals surface area contributed by atoms with Crippen LogP contribution in [0.5, 0.6) is 6.01 Å². The van der Waals surface area contributed by atoms with E-state index >= 15 is 0 Å². The summed E-state index contributed by atoms with van der Waals surface area (Å²) in [5, 5.41) is 6.30. The van der Waals surface area contributed by atoms with Crippen molar-refractivity contribution in [3.05, 3.63) is 17.5 Å². The normalized spacial score (nSPS) is 15.9. The summed E-state index contributed by atoms with van der Waals surface area (Å²) in [4.78, 5) is 18.2. The Bertz CT molecular complexity index is 615. The molecule has 0 radical (unpaired) electrons. The number of carbonyl (C=O) groups excluding carboxylic acids is 1. The van der Waals surface area contributed by atoms with E-state index in [1.807, 2.05) is 24.4 Å². The highest BCUT2D eigenvalue weighted by molar-refractivity contribution is 7.13. The summed E-state index contributed by atoms with van der Waals surface area (Å²) in [6, 6.07) is 4.22. The first-order valence-electron chi connectivity index (χ1n) is 7.97. The van der Waals surface area contributed by atoms with Crippen LogP contribution in [0.15, 0.2) is 17.5 Å². The lowest BCUT2D eigenvalue weighted by Crippen LogP contribution is -2.25. The molecule has 5 nitrogen and oxygen atoms in total. The molecule has 1 fully saturated rings. The van der Waals surface area contributed by atoms with E-state index in [1.165, 1.54) is 11.1 Å². The fourth-order valence-electron chi connectivity index (χ4n) is 2.79. The zero-order valence-corrected chi connectivity index (χ0v) is 13.6. The minimum absolute atomic E-state index is 0.0574. The van der Waals surface area contributed by atoms with Crippen LogP contribution >= 0.6 is 11.3 Å². The minimum atomic E-state index is 0.0574. The Balaban J connectivity index is 1.90. The average molecular weight is 319 g/mol. The van der Waals surface area contributed by atoms with E-state index in [0.717, 1.165) is 37.0 Å². The predicted molar refractivity (Wildman–Crippen MR) is 86.3 cm³/mol. The second kappa shape index (κ2) is 7.05. The van der Waals surface area contributed by atoms with E-state index in [0.29, 0.717) is 18.4 Å². The van der Waals surface area contributed by atoms with Crippen molar-refractivity contribution < 1.29 is 9.53 Å². The van der Waals surface area contributed by atoms with Crippen LogP contribution in [-0.2, 0) is 0 Å². The molecular weight excluding hydrogens is 298 g/mol. The van der Waals surface area contributed by atoms with Crippen LogP contribution in [0.2, 0.25) is 0 Å². The zero-order valence-electron chi connectivity index (χ0n) is 12.8. The predicted octanol–water partition coefficient (Wildman–Crippen LogP) is 4.02. The molecule has 1 saturated carbocycles.